The molecule has 134 valence electrons. The summed E-state index contributed by atoms with van der Waals surface area (Å²) in [5.74, 6) is -0.339. The van der Waals surface area contributed by atoms with E-state index in [0.717, 1.165) is 5.56 Å². The van der Waals surface area contributed by atoms with E-state index in [-0.39, 0.29) is 16.9 Å². The van der Waals surface area contributed by atoms with Crippen LogP contribution in [0.4, 0.5) is 0 Å². The van der Waals surface area contributed by atoms with E-state index in [4.69, 9.17) is 11.6 Å². The van der Waals surface area contributed by atoms with Crippen LogP contribution in [0.2, 0.25) is 5.02 Å². The molecule has 0 saturated heterocycles. The van der Waals surface area contributed by atoms with E-state index in [1.54, 1.807) is 30.5 Å². The minimum absolute atomic E-state index is 0.146. The van der Waals surface area contributed by atoms with Gasteiger partial charge in [0.2, 0.25) is 5.43 Å². The van der Waals surface area contributed by atoms with Crippen LogP contribution < -0.4 is 5.43 Å². The second kappa shape index (κ2) is 5.95. The number of hydrogen-bond donors (Lipinski definition) is 0. The van der Waals surface area contributed by atoms with Gasteiger partial charge in [0.25, 0.3) is 5.91 Å². The minimum Gasteiger partial charge on any atom is -0.334 e. The third-order valence-electron chi connectivity index (χ3n) is 5.07. The molecule has 0 amide bonds. The number of halogens is 1. The van der Waals surface area contributed by atoms with Crippen molar-refractivity contribution >= 4 is 28.4 Å². The lowest BCUT2D eigenvalue weighted by Crippen LogP contribution is -2.20. The SMILES string of the molecule is N#Cc1ccc2c(c1)c(=O)c1c(n2Cc2ccc(Cl)cc2)-c2cccn2C1=O. The van der Waals surface area contributed by atoms with E-state index in [9.17, 15) is 14.9 Å². The standard InChI is InChI=1S/C22H12ClN3O2/c23-15-6-3-13(4-7-15)12-26-17-8-5-14(11-24)10-16(17)21(27)19-20(26)18-2-1-9-25(18)22(19)28/h1-10H,12H2. The smallest absolute Gasteiger partial charge is 0.268 e. The van der Waals surface area contributed by atoms with Crippen LogP contribution in [-0.2, 0) is 6.54 Å². The number of nitrogens with zero attached hydrogens (tertiary/aromatic N) is 3. The topological polar surface area (TPSA) is 67.8 Å². The van der Waals surface area contributed by atoms with E-state index in [1.807, 2.05) is 34.9 Å². The van der Waals surface area contributed by atoms with Crippen LogP contribution >= 0.6 is 11.6 Å². The summed E-state index contributed by atoms with van der Waals surface area (Å²) in [5.41, 5.74) is 3.14. The Morgan fingerprint density at radius 1 is 1.04 bits per heavy atom. The third-order valence-corrected chi connectivity index (χ3v) is 5.32. The van der Waals surface area contributed by atoms with Crippen molar-refractivity contribution in [3.8, 4) is 17.5 Å². The lowest BCUT2D eigenvalue weighted by Gasteiger charge is -2.16. The molecule has 0 atom stereocenters. The average molecular weight is 386 g/mol. The molecule has 0 saturated carbocycles. The summed E-state index contributed by atoms with van der Waals surface area (Å²) in [7, 11) is 0. The first-order valence-corrected chi connectivity index (χ1v) is 9.04. The van der Waals surface area contributed by atoms with E-state index in [0.29, 0.717) is 39.4 Å². The predicted molar refractivity (Wildman–Crippen MR) is 107 cm³/mol. The molecule has 3 heterocycles. The van der Waals surface area contributed by atoms with Gasteiger partial charge in [0, 0.05) is 23.2 Å². The van der Waals surface area contributed by atoms with Gasteiger partial charge in [-0.2, -0.15) is 5.26 Å². The predicted octanol–water partition coefficient (Wildman–Crippen LogP) is 4.05. The maximum absolute atomic E-state index is 13.1. The molecule has 1 aliphatic rings. The summed E-state index contributed by atoms with van der Waals surface area (Å²) in [5, 5.41) is 10.2. The van der Waals surface area contributed by atoms with Crippen LogP contribution in [0.15, 0.2) is 65.6 Å². The molecule has 5 rings (SSSR count). The number of pyridine rings is 1. The van der Waals surface area contributed by atoms with Crippen LogP contribution in [0.25, 0.3) is 22.3 Å². The van der Waals surface area contributed by atoms with Gasteiger partial charge in [-0.15, -0.1) is 0 Å². The Labute approximate surface area is 164 Å². The quantitative estimate of drug-likeness (QED) is 0.460. The number of aromatic nitrogens is 2. The van der Waals surface area contributed by atoms with Crippen LogP contribution in [0.5, 0.6) is 0 Å². The molecule has 5 nitrogen and oxygen atoms in total. The third kappa shape index (κ3) is 2.25. The molecule has 0 aliphatic carbocycles. The zero-order chi connectivity index (χ0) is 19.4. The summed E-state index contributed by atoms with van der Waals surface area (Å²) in [4.78, 5) is 26.0. The lowest BCUT2D eigenvalue weighted by molar-refractivity contribution is 0.0968. The van der Waals surface area contributed by atoms with Crippen molar-refractivity contribution in [2.45, 2.75) is 6.54 Å². The van der Waals surface area contributed by atoms with Gasteiger partial charge >= 0.3 is 0 Å². The zero-order valence-corrected chi connectivity index (χ0v) is 15.3. The molecule has 6 heteroatoms. The Balaban J connectivity index is 1.88. The van der Waals surface area contributed by atoms with Gasteiger partial charge in [-0.05, 0) is 48.0 Å². The normalized spacial score (nSPS) is 12.1. The van der Waals surface area contributed by atoms with E-state index >= 15 is 0 Å². The zero-order valence-electron chi connectivity index (χ0n) is 14.5. The summed E-state index contributed by atoms with van der Waals surface area (Å²) in [6.45, 7) is 0.459. The largest absolute Gasteiger partial charge is 0.334 e. The Bertz CT molecular complexity index is 1390. The van der Waals surface area contributed by atoms with Crippen molar-refractivity contribution in [2.24, 2.45) is 0 Å². The highest BCUT2D eigenvalue weighted by molar-refractivity contribution is 6.30. The van der Waals surface area contributed by atoms with Gasteiger partial charge in [-0.3, -0.25) is 14.2 Å². The van der Waals surface area contributed by atoms with Gasteiger partial charge in [0.15, 0.2) is 0 Å². The Morgan fingerprint density at radius 3 is 2.57 bits per heavy atom. The summed E-state index contributed by atoms with van der Waals surface area (Å²) in [6, 6.07) is 18.1. The van der Waals surface area contributed by atoms with Crippen molar-refractivity contribution < 1.29 is 4.79 Å². The lowest BCUT2D eigenvalue weighted by atomic mass is 10.0. The summed E-state index contributed by atoms with van der Waals surface area (Å²) in [6.07, 6.45) is 1.66. The Kier molecular flexibility index (Phi) is 3.51. The molecule has 4 aromatic rings. The minimum atomic E-state index is -0.344. The molecule has 28 heavy (non-hydrogen) atoms. The molecule has 2 aromatic carbocycles. The van der Waals surface area contributed by atoms with E-state index in [1.165, 1.54) is 4.57 Å². The van der Waals surface area contributed by atoms with E-state index < -0.39 is 0 Å². The summed E-state index contributed by atoms with van der Waals surface area (Å²) < 4.78 is 3.46. The van der Waals surface area contributed by atoms with Crippen molar-refractivity contribution in [3.63, 3.8) is 0 Å². The van der Waals surface area contributed by atoms with Gasteiger partial charge in [-0.25, -0.2) is 0 Å². The number of benzene rings is 2. The van der Waals surface area contributed by atoms with E-state index in [2.05, 4.69) is 6.07 Å². The number of rotatable bonds is 2. The number of carbonyl (C=O) groups is 1. The Hall–Kier alpha value is -3.62. The van der Waals surface area contributed by atoms with Gasteiger partial charge in [0.1, 0.15) is 5.56 Å². The molecule has 0 N–H and O–H groups in total. The number of carbonyl (C=O) groups excluding carboxylic acids is 1. The molecule has 0 unspecified atom stereocenters. The van der Waals surface area contributed by atoms with Crippen LogP contribution in [0.1, 0.15) is 21.5 Å². The first-order valence-electron chi connectivity index (χ1n) is 8.66. The Morgan fingerprint density at radius 2 is 1.82 bits per heavy atom. The molecule has 0 bridgehead atoms. The van der Waals surface area contributed by atoms with Gasteiger partial charge < -0.3 is 4.57 Å². The van der Waals surface area contributed by atoms with Crippen LogP contribution in [-0.4, -0.2) is 15.0 Å². The second-order valence-electron chi connectivity index (χ2n) is 6.68. The first kappa shape index (κ1) is 16.5. The van der Waals surface area contributed by atoms with Gasteiger partial charge in [0.05, 0.1) is 28.5 Å². The fourth-order valence-electron chi connectivity index (χ4n) is 3.79. The second-order valence-corrected chi connectivity index (χ2v) is 7.11. The number of hydrogen-bond acceptors (Lipinski definition) is 3. The number of nitriles is 1. The molecule has 1 aliphatic heterocycles. The fourth-order valence-corrected chi connectivity index (χ4v) is 3.92. The molecule has 2 aromatic heterocycles. The maximum Gasteiger partial charge on any atom is 0.268 e. The maximum atomic E-state index is 13.1. The fraction of sp³-hybridized carbons (Fsp3) is 0.0455. The highest BCUT2D eigenvalue weighted by Gasteiger charge is 2.32. The molecule has 0 spiro atoms. The molecular formula is C22H12ClN3O2. The average Bonchev–Trinajstić information content (AvgIpc) is 3.29. The van der Waals surface area contributed by atoms with Crippen LogP contribution in [0, 0.1) is 11.3 Å². The molecule has 0 fully saturated rings. The van der Waals surface area contributed by atoms with Crippen molar-refractivity contribution in [1.82, 2.24) is 9.13 Å². The van der Waals surface area contributed by atoms with Crippen molar-refractivity contribution in [3.05, 3.63) is 92.7 Å². The highest BCUT2D eigenvalue weighted by Crippen LogP contribution is 2.33. The number of fused-ring (bicyclic) bond motifs is 4. The van der Waals surface area contributed by atoms with Crippen molar-refractivity contribution in [1.29, 1.82) is 5.26 Å². The van der Waals surface area contributed by atoms with Crippen LogP contribution in [0.3, 0.4) is 0 Å². The van der Waals surface area contributed by atoms with Crippen molar-refractivity contribution in [2.75, 3.05) is 0 Å². The molecular weight excluding hydrogens is 374 g/mol. The van der Waals surface area contributed by atoms with Gasteiger partial charge in [-0.1, -0.05) is 23.7 Å². The molecule has 0 radical (unpaired) electrons. The summed E-state index contributed by atoms with van der Waals surface area (Å²) >= 11 is 6.00. The monoisotopic (exact) mass is 385 g/mol. The first-order chi connectivity index (χ1) is 13.6. The highest BCUT2D eigenvalue weighted by atomic mass is 35.5.